The van der Waals surface area contributed by atoms with Crippen molar-refractivity contribution in [3.05, 3.63) is 5.21 Å². The van der Waals surface area contributed by atoms with Crippen LogP contribution < -0.4 is 5.23 Å². The van der Waals surface area contributed by atoms with E-state index in [2.05, 4.69) is 0 Å². The number of quaternary nitrogens is 1. The zero-order chi connectivity index (χ0) is 13.5. The molecule has 0 rings (SSSR count). The Labute approximate surface area is 99.2 Å². The van der Waals surface area contributed by atoms with Gasteiger partial charge < -0.3 is 15.4 Å². The zero-order valence-electron chi connectivity index (χ0n) is 9.81. The second-order valence-corrected chi connectivity index (χ2v) is 4.12. The number of aliphatic carboxylic acids is 2. The van der Waals surface area contributed by atoms with Gasteiger partial charge in [0.1, 0.15) is 5.54 Å². The first-order valence-electron chi connectivity index (χ1n) is 5.51. The van der Waals surface area contributed by atoms with Gasteiger partial charge in [-0.2, -0.15) is 0 Å². The second-order valence-electron chi connectivity index (χ2n) is 4.12. The minimum atomic E-state index is -1.23. The summed E-state index contributed by atoms with van der Waals surface area (Å²) in [6, 6.07) is 0. The Kier molecular flexibility index (Phi) is 6.71. The van der Waals surface area contributed by atoms with Gasteiger partial charge in [0.05, 0.1) is 12.8 Å². The molecule has 7 nitrogen and oxygen atoms in total. The third-order valence-corrected chi connectivity index (χ3v) is 2.82. The van der Waals surface area contributed by atoms with Gasteiger partial charge in [-0.1, -0.05) is 13.3 Å². The fraction of sp³-hybridized carbons (Fsp3) is 0.800. The summed E-state index contributed by atoms with van der Waals surface area (Å²) in [5.74, 6) is -2.14. The molecule has 0 aromatic rings. The fourth-order valence-corrected chi connectivity index (χ4v) is 1.87. The Bertz CT molecular complexity index is 248. The molecule has 0 saturated heterocycles. The van der Waals surface area contributed by atoms with Crippen LogP contribution in [0.1, 0.15) is 45.4 Å². The Morgan fingerprint density at radius 3 is 1.76 bits per heavy atom. The van der Waals surface area contributed by atoms with E-state index in [-0.39, 0.29) is 25.7 Å². The van der Waals surface area contributed by atoms with Crippen LogP contribution in [-0.4, -0.2) is 32.9 Å². The summed E-state index contributed by atoms with van der Waals surface area (Å²) in [7, 11) is 0. The lowest BCUT2D eigenvalue weighted by Crippen LogP contribution is -3.14. The molecule has 0 aliphatic heterocycles. The maximum atomic E-state index is 11.3. The van der Waals surface area contributed by atoms with Crippen molar-refractivity contribution >= 4 is 11.9 Å². The largest absolute Gasteiger partial charge is 0.600 e. The molecule has 0 amide bonds. The molecule has 0 fully saturated rings. The lowest BCUT2D eigenvalue weighted by atomic mass is 9.84. The van der Waals surface area contributed by atoms with E-state index in [0.29, 0.717) is 12.8 Å². The molecule has 0 saturated carbocycles. The summed E-state index contributed by atoms with van der Waals surface area (Å²) in [5, 5.41) is 36.5. The average molecular weight is 249 g/mol. The number of carboxylic acid groups (broad SMARTS) is 2. The lowest BCUT2D eigenvalue weighted by Gasteiger charge is -2.37. The number of hydrogen-bond donors (Lipinski definition) is 4. The molecular formula is C10H19NO6. The number of carboxylic acids is 2. The summed E-state index contributed by atoms with van der Waals surface area (Å²) in [5.41, 5.74) is -1.23. The van der Waals surface area contributed by atoms with Crippen molar-refractivity contribution in [3.63, 3.8) is 0 Å². The minimum absolute atomic E-state index is 0.0290. The van der Waals surface area contributed by atoms with Crippen molar-refractivity contribution in [2.75, 3.05) is 0 Å². The van der Waals surface area contributed by atoms with Crippen LogP contribution in [0.2, 0.25) is 0 Å². The summed E-state index contributed by atoms with van der Waals surface area (Å²) >= 11 is 0. The monoisotopic (exact) mass is 249 g/mol. The maximum absolute atomic E-state index is 11.3. The van der Waals surface area contributed by atoms with Crippen molar-refractivity contribution in [3.8, 4) is 0 Å². The van der Waals surface area contributed by atoms with Crippen LogP contribution in [0.3, 0.4) is 0 Å². The van der Waals surface area contributed by atoms with Crippen LogP contribution in [0, 0.1) is 5.21 Å². The van der Waals surface area contributed by atoms with E-state index in [1.807, 2.05) is 0 Å². The standard InChI is InChI=1S/C10H19NO6/c1-2-5-10(11(16)17,6-3-8(12)13)7-4-9(14)15/h11,16H,2-7H2,1H3,(H,12,13)(H,14,15). The van der Waals surface area contributed by atoms with E-state index in [1.165, 1.54) is 0 Å². The molecule has 0 aromatic heterocycles. The van der Waals surface area contributed by atoms with E-state index in [1.54, 1.807) is 6.92 Å². The molecule has 1 atom stereocenters. The first-order valence-corrected chi connectivity index (χ1v) is 5.51. The lowest BCUT2D eigenvalue weighted by molar-refractivity contribution is -1.09. The van der Waals surface area contributed by atoms with E-state index < -0.39 is 22.7 Å². The van der Waals surface area contributed by atoms with Gasteiger partial charge in [-0.15, -0.1) is 0 Å². The van der Waals surface area contributed by atoms with Gasteiger partial charge in [0.15, 0.2) is 0 Å². The van der Waals surface area contributed by atoms with Crippen molar-refractivity contribution in [2.24, 2.45) is 0 Å². The van der Waals surface area contributed by atoms with Crippen LogP contribution in [0.4, 0.5) is 0 Å². The number of carbonyl (C=O) groups is 2. The summed E-state index contributed by atoms with van der Waals surface area (Å²) < 4.78 is 0. The van der Waals surface area contributed by atoms with Gasteiger partial charge in [-0.3, -0.25) is 9.59 Å². The Morgan fingerprint density at radius 2 is 1.53 bits per heavy atom. The second kappa shape index (κ2) is 7.21. The van der Waals surface area contributed by atoms with Crippen molar-refractivity contribution in [1.29, 1.82) is 0 Å². The number of hydroxylamine groups is 2. The highest BCUT2D eigenvalue weighted by molar-refractivity contribution is 5.67. The molecule has 0 aromatic carbocycles. The van der Waals surface area contributed by atoms with Crippen LogP contribution in [0.5, 0.6) is 0 Å². The predicted molar refractivity (Wildman–Crippen MR) is 57.5 cm³/mol. The quantitative estimate of drug-likeness (QED) is 0.427. The Morgan fingerprint density at radius 1 is 1.12 bits per heavy atom. The predicted octanol–water partition coefficient (Wildman–Crippen LogP) is 0.0268. The number of rotatable bonds is 9. The normalized spacial score (nSPS) is 13.4. The molecule has 17 heavy (non-hydrogen) atoms. The molecule has 0 bridgehead atoms. The Hall–Kier alpha value is -1.18. The van der Waals surface area contributed by atoms with Crippen molar-refractivity contribution in [2.45, 2.75) is 51.0 Å². The highest BCUT2D eigenvalue weighted by Gasteiger charge is 2.37. The summed E-state index contributed by atoms with van der Waals surface area (Å²) in [4.78, 5) is 21.0. The topological polar surface area (TPSA) is 122 Å². The molecule has 4 N–H and O–H groups in total. The molecular weight excluding hydrogens is 230 g/mol. The first kappa shape index (κ1) is 15.8. The summed E-state index contributed by atoms with van der Waals surface area (Å²) in [6.45, 7) is 1.79. The van der Waals surface area contributed by atoms with Crippen LogP contribution in [0.15, 0.2) is 0 Å². The smallest absolute Gasteiger partial charge is 0.303 e. The number of hydrogen-bond acceptors (Lipinski definition) is 4. The summed E-state index contributed by atoms with van der Waals surface area (Å²) in [6.07, 6.45) is 0.295. The van der Waals surface area contributed by atoms with Gasteiger partial charge in [-0.05, 0) is 0 Å². The van der Waals surface area contributed by atoms with Crippen molar-refractivity contribution < 1.29 is 30.2 Å². The molecule has 100 valence electrons. The SMILES string of the molecule is CCCC(CCC(=O)O)(CCC(=O)O)[NH+]([O-])O. The molecule has 7 heteroatoms. The maximum Gasteiger partial charge on any atom is 0.303 e. The van der Waals surface area contributed by atoms with E-state index in [4.69, 9.17) is 10.2 Å². The van der Waals surface area contributed by atoms with E-state index in [0.717, 1.165) is 0 Å². The van der Waals surface area contributed by atoms with Crippen molar-refractivity contribution in [1.82, 2.24) is 0 Å². The molecule has 0 spiro atoms. The van der Waals surface area contributed by atoms with Crippen LogP contribution >= 0.6 is 0 Å². The van der Waals surface area contributed by atoms with E-state index >= 15 is 0 Å². The number of nitrogens with one attached hydrogen (secondary N) is 1. The van der Waals surface area contributed by atoms with Gasteiger partial charge >= 0.3 is 11.9 Å². The minimum Gasteiger partial charge on any atom is -0.600 e. The van der Waals surface area contributed by atoms with Gasteiger partial charge in [0, 0.05) is 19.3 Å². The van der Waals surface area contributed by atoms with Gasteiger partial charge in [0.2, 0.25) is 0 Å². The van der Waals surface area contributed by atoms with Crippen LogP contribution in [0.25, 0.3) is 0 Å². The molecule has 0 aliphatic rings. The molecule has 0 radical (unpaired) electrons. The third-order valence-electron chi connectivity index (χ3n) is 2.82. The van der Waals surface area contributed by atoms with Crippen LogP contribution in [-0.2, 0) is 9.59 Å². The Balaban J connectivity index is 4.71. The molecule has 0 aliphatic carbocycles. The molecule has 1 unspecified atom stereocenters. The van der Waals surface area contributed by atoms with E-state index in [9.17, 15) is 20.0 Å². The third kappa shape index (κ3) is 5.62. The highest BCUT2D eigenvalue weighted by atomic mass is 16.8. The highest BCUT2D eigenvalue weighted by Crippen LogP contribution is 2.22. The zero-order valence-corrected chi connectivity index (χ0v) is 9.81. The van der Waals surface area contributed by atoms with Gasteiger partial charge in [-0.25, -0.2) is 10.4 Å². The fourth-order valence-electron chi connectivity index (χ4n) is 1.87. The first-order chi connectivity index (χ1) is 7.84. The van der Waals surface area contributed by atoms with Gasteiger partial charge in [0.25, 0.3) is 0 Å². The molecule has 0 heterocycles. The average Bonchev–Trinajstić information content (AvgIpc) is 2.21.